The second kappa shape index (κ2) is 6.64. The molecule has 2 aromatic rings. The van der Waals surface area contributed by atoms with Crippen LogP contribution in [0.25, 0.3) is 0 Å². The number of benzene rings is 1. The maximum Gasteiger partial charge on any atom is 0.255 e. The van der Waals surface area contributed by atoms with Crippen LogP contribution in [-0.2, 0) is 17.8 Å². The second-order valence-electron chi connectivity index (χ2n) is 6.27. The number of hydrogen-bond acceptors (Lipinski definition) is 5. The Kier molecular flexibility index (Phi) is 4.54. The molecule has 0 spiro atoms. The minimum Gasteiger partial charge on any atom is -0.369 e. The van der Waals surface area contributed by atoms with Gasteiger partial charge in [0.2, 0.25) is 11.9 Å². The van der Waals surface area contributed by atoms with Gasteiger partial charge in [-0.15, -0.1) is 0 Å². The molecular weight excluding hydrogens is 325 g/mol. The molecule has 1 aliphatic heterocycles. The third kappa shape index (κ3) is 3.25. The molecule has 1 atom stereocenters. The summed E-state index contributed by atoms with van der Waals surface area (Å²) in [6.45, 7) is 0.556. The Hall–Kier alpha value is -2.74. The fourth-order valence-corrected chi connectivity index (χ4v) is 3.15. The number of anilines is 1. The number of nitrogens with one attached hydrogen (secondary N) is 1. The minimum absolute atomic E-state index is 0.0244. The number of hydrogen-bond donors (Lipinski definition) is 2. The van der Waals surface area contributed by atoms with Gasteiger partial charge >= 0.3 is 0 Å². The Labute approximate surface area is 144 Å². The summed E-state index contributed by atoms with van der Waals surface area (Å²) >= 11 is 0. The molecular formula is C17H20FN5O2. The first-order valence-electron chi connectivity index (χ1n) is 7.95. The van der Waals surface area contributed by atoms with Gasteiger partial charge in [0.15, 0.2) is 0 Å². The lowest BCUT2D eigenvalue weighted by Gasteiger charge is -2.33. The van der Waals surface area contributed by atoms with Crippen molar-refractivity contribution < 1.29 is 9.18 Å². The van der Waals surface area contributed by atoms with Crippen LogP contribution in [0.1, 0.15) is 22.9 Å². The van der Waals surface area contributed by atoms with Crippen molar-refractivity contribution >= 4 is 11.9 Å². The van der Waals surface area contributed by atoms with Crippen LogP contribution in [0.3, 0.4) is 0 Å². The van der Waals surface area contributed by atoms with E-state index in [0.29, 0.717) is 29.8 Å². The number of nitrogen functional groups attached to an aromatic ring is 1. The third-order valence-corrected chi connectivity index (χ3v) is 4.35. The van der Waals surface area contributed by atoms with Crippen LogP contribution in [0, 0.1) is 5.82 Å². The van der Waals surface area contributed by atoms with Gasteiger partial charge in [-0.1, -0.05) is 18.2 Å². The zero-order valence-electron chi connectivity index (χ0n) is 14.1. The summed E-state index contributed by atoms with van der Waals surface area (Å²) in [7, 11) is 3.46. The van der Waals surface area contributed by atoms with Crippen molar-refractivity contribution in [1.82, 2.24) is 19.8 Å². The lowest BCUT2D eigenvalue weighted by Crippen LogP contribution is -2.44. The van der Waals surface area contributed by atoms with Crippen LogP contribution in [-0.4, -0.2) is 46.3 Å². The summed E-state index contributed by atoms with van der Waals surface area (Å²) in [5.74, 6) is -0.636. The van der Waals surface area contributed by atoms with Crippen molar-refractivity contribution in [1.29, 1.82) is 0 Å². The van der Waals surface area contributed by atoms with Gasteiger partial charge in [0.05, 0.1) is 12.2 Å². The Bertz CT molecular complexity index is 864. The molecule has 3 N–H and O–H groups in total. The van der Waals surface area contributed by atoms with Crippen molar-refractivity contribution in [2.24, 2.45) is 0 Å². The summed E-state index contributed by atoms with van der Waals surface area (Å²) in [6, 6.07) is 5.49. The first-order valence-corrected chi connectivity index (χ1v) is 7.95. The number of H-pyrrole nitrogens is 1. The topological polar surface area (TPSA) is 95.3 Å². The van der Waals surface area contributed by atoms with E-state index in [0.717, 1.165) is 0 Å². The van der Waals surface area contributed by atoms with Crippen LogP contribution >= 0.6 is 0 Å². The van der Waals surface area contributed by atoms with Gasteiger partial charge < -0.3 is 10.6 Å². The SMILES string of the molecule is CN(C)[C@H](C(=O)N1CCc2c(nc(N)[nH]c2=O)C1)c1ccccc1F. The molecule has 0 radical (unpaired) electrons. The first kappa shape index (κ1) is 17.1. The molecule has 1 aromatic carbocycles. The normalized spacial score (nSPS) is 15.1. The van der Waals surface area contributed by atoms with Gasteiger partial charge in [0, 0.05) is 17.7 Å². The summed E-state index contributed by atoms with van der Waals surface area (Å²) in [4.78, 5) is 34.9. The van der Waals surface area contributed by atoms with E-state index in [9.17, 15) is 14.0 Å². The van der Waals surface area contributed by atoms with Crippen LogP contribution in [0.15, 0.2) is 29.1 Å². The number of fused-ring (bicyclic) bond motifs is 1. The number of aromatic amines is 1. The van der Waals surface area contributed by atoms with Crippen LogP contribution in [0.2, 0.25) is 0 Å². The highest BCUT2D eigenvalue weighted by atomic mass is 19.1. The van der Waals surface area contributed by atoms with E-state index in [4.69, 9.17) is 5.73 Å². The lowest BCUT2D eigenvalue weighted by atomic mass is 10.0. The molecule has 1 aliphatic rings. The zero-order chi connectivity index (χ0) is 18.1. The van der Waals surface area contributed by atoms with Gasteiger partial charge in [-0.05, 0) is 26.6 Å². The maximum atomic E-state index is 14.2. The summed E-state index contributed by atoms with van der Waals surface area (Å²) in [5, 5.41) is 0. The van der Waals surface area contributed by atoms with Crippen molar-refractivity contribution in [3.63, 3.8) is 0 Å². The molecule has 3 rings (SSSR count). The molecule has 1 aromatic heterocycles. The fraction of sp³-hybridized carbons (Fsp3) is 0.353. The summed E-state index contributed by atoms with van der Waals surface area (Å²) < 4.78 is 14.2. The first-order chi connectivity index (χ1) is 11.9. The van der Waals surface area contributed by atoms with Crippen LogP contribution < -0.4 is 11.3 Å². The summed E-state index contributed by atoms with van der Waals surface area (Å²) in [5.41, 5.74) is 6.69. The van der Waals surface area contributed by atoms with Crippen molar-refractivity contribution in [3.8, 4) is 0 Å². The molecule has 8 heteroatoms. The van der Waals surface area contributed by atoms with Crippen LogP contribution in [0.4, 0.5) is 10.3 Å². The molecule has 132 valence electrons. The highest BCUT2D eigenvalue weighted by Crippen LogP contribution is 2.26. The molecule has 0 fully saturated rings. The average molecular weight is 345 g/mol. The van der Waals surface area contributed by atoms with Crippen molar-refractivity contribution in [3.05, 3.63) is 57.3 Å². The van der Waals surface area contributed by atoms with Crippen molar-refractivity contribution in [2.45, 2.75) is 19.0 Å². The van der Waals surface area contributed by atoms with Gasteiger partial charge in [0.1, 0.15) is 11.9 Å². The van der Waals surface area contributed by atoms with E-state index >= 15 is 0 Å². The smallest absolute Gasteiger partial charge is 0.255 e. The molecule has 25 heavy (non-hydrogen) atoms. The van der Waals surface area contributed by atoms with E-state index in [-0.39, 0.29) is 24.0 Å². The van der Waals surface area contributed by atoms with Gasteiger partial charge in [-0.3, -0.25) is 19.5 Å². The standard InChI is InChI=1S/C17H20FN5O2/c1-22(2)14(10-5-3-4-6-12(10)18)16(25)23-8-7-11-13(9-23)20-17(19)21-15(11)24/h3-6,14H,7-9H2,1-2H3,(H3,19,20,21,24)/t14-/m0/s1. The Morgan fingerprint density at radius 3 is 2.80 bits per heavy atom. The Morgan fingerprint density at radius 2 is 2.12 bits per heavy atom. The van der Waals surface area contributed by atoms with Gasteiger partial charge in [0.25, 0.3) is 5.56 Å². The monoisotopic (exact) mass is 345 g/mol. The van der Waals surface area contributed by atoms with E-state index in [2.05, 4.69) is 9.97 Å². The quantitative estimate of drug-likeness (QED) is 0.853. The Balaban J connectivity index is 1.92. The predicted octanol–water partition coefficient (Wildman–Crippen LogP) is 0.679. The molecule has 7 nitrogen and oxygen atoms in total. The molecule has 1 amide bonds. The van der Waals surface area contributed by atoms with E-state index in [1.54, 1.807) is 42.1 Å². The number of rotatable bonds is 3. The fourth-order valence-electron chi connectivity index (χ4n) is 3.15. The van der Waals surface area contributed by atoms with Gasteiger partial charge in [-0.2, -0.15) is 0 Å². The van der Waals surface area contributed by atoms with E-state index in [1.807, 2.05) is 0 Å². The minimum atomic E-state index is -0.748. The number of likely N-dealkylation sites (N-methyl/N-ethyl adjacent to an activating group) is 1. The Morgan fingerprint density at radius 1 is 1.40 bits per heavy atom. The van der Waals surface area contributed by atoms with E-state index < -0.39 is 11.9 Å². The molecule has 0 saturated carbocycles. The molecule has 0 bridgehead atoms. The number of nitrogens with two attached hydrogens (primary N) is 1. The largest absolute Gasteiger partial charge is 0.369 e. The van der Waals surface area contributed by atoms with Crippen LogP contribution in [0.5, 0.6) is 0 Å². The number of carbonyl (C=O) groups excluding carboxylic acids is 1. The number of halogens is 1. The average Bonchev–Trinajstić information content (AvgIpc) is 2.55. The highest BCUT2D eigenvalue weighted by Gasteiger charge is 2.32. The molecule has 0 aliphatic carbocycles. The number of amides is 1. The predicted molar refractivity (Wildman–Crippen MR) is 91.2 cm³/mol. The lowest BCUT2D eigenvalue weighted by molar-refractivity contribution is -0.137. The number of carbonyl (C=O) groups is 1. The van der Waals surface area contributed by atoms with E-state index in [1.165, 1.54) is 6.07 Å². The van der Waals surface area contributed by atoms with Gasteiger partial charge in [-0.25, -0.2) is 9.37 Å². The highest BCUT2D eigenvalue weighted by molar-refractivity contribution is 5.83. The van der Waals surface area contributed by atoms with Crippen molar-refractivity contribution in [2.75, 3.05) is 26.4 Å². The molecule has 2 heterocycles. The number of aromatic nitrogens is 2. The molecule has 0 saturated heterocycles. The zero-order valence-corrected chi connectivity index (χ0v) is 14.1. The third-order valence-electron chi connectivity index (χ3n) is 4.35. The second-order valence-corrected chi connectivity index (χ2v) is 6.27. The molecule has 0 unspecified atom stereocenters. The summed E-state index contributed by atoms with van der Waals surface area (Å²) in [6.07, 6.45) is 0.390. The number of nitrogens with zero attached hydrogens (tertiary/aromatic N) is 3. The maximum absolute atomic E-state index is 14.2.